The Balaban J connectivity index is 2.06. The lowest BCUT2D eigenvalue weighted by atomic mass is 10.0. The van der Waals surface area contributed by atoms with Crippen molar-refractivity contribution in [1.29, 1.82) is 0 Å². The molecule has 20 heavy (non-hydrogen) atoms. The van der Waals surface area contributed by atoms with Crippen LogP contribution in [0.3, 0.4) is 0 Å². The van der Waals surface area contributed by atoms with Crippen LogP contribution in [-0.2, 0) is 6.54 Å². The van der Waals surface area contributed by atoms with Crippen LogP contribution < -0.4 is 10.5 Å². The summed E-state index contributed by atoms with van der Waals surface area (Å²) >= 11 is 0. The Hall–Kier alpha value is -2.13. The molecule has 0 radical (unpaired) electrons. The third kappa shape index (κ3) is 3.45. The molecule has 0 aliphatic heterocycles. The van der Waals surface area contributed by atoms with Crippen molar-refractivity contribution < 1.29 is 9.53 Å². The van der Waals surface area contributed by atoms with Gasteiger partial charge in [0.05, 0.1) is 5.56 Å². The molecule has 3 nitrogen and oxygen atoms in total. The fraction of sp³-hybridized carbons (Fsp3) is 0.235. The number of esters is 1. The first-order chi connectivity index (χ1) is 9.60. The van der Waals surface area contributed by atoms with Crippen LogP contribution in [0.5, 0.6) is 5.75 Å². The molecule has 0 amide bonds. The molecule has 0 aliphatic carbocycles. The first-order valence-electron chi connectivity index (χ1n) is 6.71. The van der Waals surface area contributed by atoms with Crippen molar-refractivity contribution in [3.05, 3.63) is 65.2 Å². The minimum atomic E-state index is -0.356. The van der Waals surface area contributed by atoms with Crippen LogP contribution in [0.25, 0.3) is 0 Å². The van der Waals surface area contributed by atoms with E-state index in [-0.39, 0.29) is 5.97 Å². The van der Waals surface area contributed by atoms with Crippen LogP contribution in [0.2, 0.25) is 0 Å². The summed E-state index contributed by atoms with van der Waals surface area (Å²) in [6, 6.07) is 14.7. The topological polar surface area (TPSA) is 52.3 Å². The largest absolute Gasteiger partial charge is 0.423 e. The average molecular weight is 269 g/mol. The van der Waals surface area contributed by atoms with E-state index in [4.69, 9.17) is 10.5 Å². The van der Waals surface area contributed by atoms with E-state index in [0.29, 0.717) is 23.8 Å². The smallest absolute Gasteiger partial charge is 0.343 e. The highest BCUT2D eigenvalue weighted by Gasteiger charge is 2.08. The van der Waals surface area contributed by atoms with E-state index >= 15 is 0 Å². The first kappa shape index (κ1) is 14.3. The Morgan fingerprint density at radius 3 is 2.15 bits per heavy atom. The van der Waals surface area contributed by atoms with Gasteiger partial charge in [-0.05, 0) is 41.3 Å². The van der Waals surface area contributed by atoms with E-state index in [2.05, 4.69) is 13.8 Å². The van der Waals surface area contributed by atoms with Crippen LogP contribution in [0.1, 0.15) is 41.3 Å². The van der Waals surface area contributed by atoms with E-state index in [1.807, 2.05) is 36.4 Å². The Bertz CT molecular complexity index is 571. The Labute approximate surface area is 119 Å². The van der Waals surface area contributed by atoms with E-state index in [1.165, 1.54) is 5.56 Å². The normalized spacial score (nSPS) is 10.6. The van der Waals surface area contributed by atoms with Crippen molar-refractivity contribution in [2.24, 2.45) is 5.73 Å². The maximum absolute atomic E-state index is 12.0. The molecular weight excluding hydrogens is 250 g/mol. The molecule has 2 aromatic carbocycles. The highest BCUT2D eigenvalue weighted by Crippen LogP contribution is 2.19. The zero-order chi connectivity index (χ0) is 14.5. The van der Waals surface area contributed by atoms with Gasteiger partial charge in [-0.2, -0.15) is 0 Å². The average Bonchev–Trinajstić information content (AvgIpc) is 2.48. The van der Waals surface area contributed by atoms with Gasteiger partial charge in [0, 0.05) is 6.54 Å². The van der Waals surface area contributed by atoms with Crippen molar-refractivity contribution in [3.8, 4) is 5.75 Å². The molecule has 2 rings (SSSR count). The second-order valence-electron chi connectivity index (χ2n) is 5.01. The molecule has 104 valence electrons. The van der Waals surface area contributed by atoms with Crippen LogP contribution in [0.4, 0.5) is 0 Å². The monoisotopic (exact) mass is 269 g/mol. The van der Waals surface area contributed by atoms with Crippen LogP contribution in [-0.4, -0.2) is 5.97 Å². The quantitative estimate of drug-likeness (QED) is 0.683. The predicted octanol–water partition coefficient (Wildman–Crippen LogP) is 3.49. The number of carbonyl (C=O) groups is 1. The molecule has 3 heteroatoms. The Morgan fingerprint density at radius 1 is 1.05 bits per heavy atom. The molecule has 0 atom stereocenters. The molecule has 0 spiro atoms. The van der Waals surface area contributed by atoms with Crippen LogP contribution in [0, 0.1) is 0 Å². The number of hydrogen-bond acceptors (Lipinski definition) is 3. The van der Waals surface area contributed by atoms with Gasteiger partial charge in [0.1, 0.15) is 5.75 Å². The first-order valence-corrected chi connectivity index (χ1v) is 6.71. The van der Waals surface area contributed by atoms with Gasteiger partial charge < -0.3 is 10.5 Å². The molecule has 2 aromatic rings. The highest BCUT2D eigenvalue weighted by molar-refractivity contribution is 5.91. The summed E-state index contributed by atoms with van der Waals surface area (Å²) in [5.41, 5.74) is 8.25. The molecule has 0 saturated heterocycles. The summed E-state index contributed by atoms with van der Waals surface area (Å²) in [7, 11) is 0. The summed E-state index contributed by atoms with van der Waals surface area (Å²) in [6.45, 7) is 4.71. The summed E-state index contributed by atoms with van der Waals surface area (Å²) in [5.74, 6) is 0.664. The van der Waals surface area contributed by atoms with Crippen LogP contribution in [0.15, 0.2) is 48.5 Å². The molecule has 0 fully saturated rings. The molecule has 0 saturated carbocycles. The third-order valence-electron chi connectivity index (χ3n) is 3.18. The number of hydrogen-bond donors (Lipinski definition) is 1. The summed E-state index contributed by atoms with van der Waals surface area (Å²) in [4.78, 5) is 12.0. The number of benzene rings is 2. The molecular formula is C17H19NO2. The predicted molar refractivity (Wildman–Crippen MR) is 79.8 cm³/mol. The fourth-order valence-electron chi connectivity index (χ4n) is 1.86. The van der Waals surface area contributed by atoms with E-state index < -0.39 is 0 Å². The van der Waals surface area contributed by atoms with Crippen molar-refractivity contribution in [2.75, 3.05) is 0 Å². The second-order valence-corrected chi connectivity index (χ2v) is 5.01. The Kier molecular flexibility index (Phi) is 4.53. The third-order valence-corrected chi connectivity index (χ3v) is 3.18. The van der Waals surface area contributed by atoms with Gasteiger partial charge in [-0.25, -0.2) is 4.79 Å². The zero-order valence-corrected chi connectivity index (χ0v) is 11.8. The number of rotatable bonds is 4. The molecule has 2 N–H and O–H groups in total. The van der Waals surface area contributed by atoms with Gasteiger partial charge in [-0.1, -0.05) is 38.1 Å². The summed E-state index contributed by atoms with van der Waals surface area (Å²) in [5, 5.41) is 0. The standard InChI is InChI=1S/C17H19NO2/c1-12(2)14-7-9-16(10-8-14)20-17(19)15-5-3-13(11-18)4-6-15/h3-10,12H,11,18H2,1-2H3. The summed E-state index contributed by atoms with van der Waals surface area (Å²) in [6.07, 6.45) is 0. The van der Waals surface area contributed by atoms with Gasteiger partial charge in [-0.3, -0.25) is 0 Å². The van der Waals surface area contributed by atoms with Crippen molar-refractivity contribution in [3.63, 3.8) is 0 Å². The van der Waals surface area contributed by atoms with Crippen LogP contribution >= 0.6 is 0 Å². The molecule has 0 unspecified atom stereocenters. The minimum absolute atomic E-state index is 0.356. The minimum Gasteiger partial charge on any atom is -0.423 e. The lowest BCUT2D eigenvalue weighted by Gasteiger charge is -2.08. The molecule has 0 heterocycles. The summed E-state index contributed by atoms with van der Waals surface area (Å²) < 4.78 is 5.34. The SMILES string of the molecule is CC(C)c1ccc(OC(=O)c2ccc(CN)cc2)cc1. The zero-order valence-electron chi connectivity index (χ0n) is 11.8. The molecule has 0 aliphatic rings. The number of carbonyl (C=O) groups excluding carboxylic acids is 1. The number of ether oxygens (including phenoxy) is 1. The fourth-order valence-corrected chi connectivity index (χ4v) is 1.86. The lowest BCUT2D eigenvalue weighted by molar-refractivity contribution is 0.0734. The molecule has 0 aromatic heterocycles. The second kappa shape index (κ2) is 6.35. The van der Waals surface area contributed by atoms with Gasteiger partial charge in [0.2, 0.25) is 0 Å². The van der Waals surface area contributed by atoms with Crippen molar-refractivity contribution in [2.45, 2.75) is 26.3 Å². The maximum atomic E-state index is 12.0. The van der Waals surface area contributed by atoms with Gasteiger partial charge in [0.25, 0.3) is 0 Å². The number of nitrogens with two attached hydrogens (primary N) is 1. The molecule has 0 bridgehead atoms. The van der Waals surface area contributed by atoms with E-state index in [1.54, 1.807) is 12.1 Å². The van der Waals surface area contributed by atoms with Gasteiger partial charge >= 0.3 is 5.97 Å². The highest BCUT2D eigenvalue weighted by atomic mass is 16.5. The van der Waals surface area contributed by atoms with Gasteiger partial charge in [-0.15, -0.1) is 0 Å². The van der Waals surface area contributed by atoms with E-state index in [9.17, 15) is 4.79 Å². The van der Waals surface area contributed by atoms with Crippen molar-refractivity contribution in [1.82, 2.24) is 0 Å². The Morgan fingerprint density at radius 2 is 1.65 bits per heavy atom. The van der Waals surface area contributed by atoms with Gasteiger partial charge in [0.15, 0.2) is 0 Å². The lowest BCUT2D eigenvalue weighted by Crippen LogP contribution is -2.08. The van der Waals surface area contributed by atoms with E-state index in [0.717, 1.165) is 5.56 Å². The maximum Gasteiger partial charge on any atom is 0.343 e. The van der Waals surface area contributed by atoms with Crippen molar-refractivity contribution >= 4 is 5.97 Å².